The lowest BCUT2D eigenvalue weighted by molar-refractivity contribution is -0.138. The van der Waals surface area contributed by atoms with E-state index < -0.39 is 0 Å². The fraction of sp³-hybridized carbons (Fsp3) is 0.357. The highest BCUT2D eigenvalue weighted by atomic mass is 79.9. The molecule has 1 aromatic carbocycles. The summed E-state index contributed by atoms with van der Waals surface area (Å²) < 4.78 is 11.6. The smallest absolute Gasteiger partial charge is 0.338 e. The number of hydrogen-bond acceptors (Lipinski definition) is 3. The predicted molar refractivity (Wildman–Crippen MR) is 72.2 cm³/mol. The second-order valence-electron chi connectivity index (χ2n) is 4.11. The minimum Gasteiger partial charge on any atom is -0.497 e. The summed E-state index contributed by atoms with van der Waals surface area (Å²) in [6.45, 7) is 4.49. The van der Waals surface area contributed by atoms with Gasteiger partial charge >= 0.3 is 5.97 Å². The van der Waals surface area contributed by atoms with Gasteiger partial charge in [-0.05, 0) is 31.5 Å². The van der Waals surface area contributed by atoms with Crippen molar-refractivity contribution < 1.29 is 14.3 Å². The zero-order chi connectivity index (χ0) is 13.1. The van der Waals surface area contributed by atoms with Crippen LogP contribution in [0.5, 0.6) is 0 Å². The summed E-state index contributed by atoms with van der Waals surface area (Å²) in [7, 11) is 0. The molecule has 0 aromatic heterocycles. The Morgan fingerprint density at radius 1 is 1.56 bits per heavy atom. The Kier molecular flexibility index (Phi) is 4.07. The fourth-order valence-electron chi connectivity index (χ4n) is 2.10. The molecule has 0 aliphatic carbocycles. The van der Waals surface area contributed by atoms with Gasteiger partial charge in [-0.1, -0.05) is 28.1 Å². The SMILES string of the molecule is CCOC(=O)C1=C(C)OCC1c1cccc(Br)c1. The van der Waals surface area contributed by atoms with Crippen molar-refractivity contribution in [1.29, 1.82) is 0 Å². The van der Waals surface area contributed by atoms with E-state index in [1.54, 1.807) is 6.92 Å². The van der Waals surface area contributed by atoms with Gasteiger partial charge < -0.3 is 9.47 Å². The van der Waals surface area contributed by atoms with Gasteiger partial charge in [-0.2, -0.15) is 0 Å². The van der Waals surface area contributed by atoms with Crippen molar-refractivity contribution in [3.63, 3.8) is 0 Å². The Bertz CT molecular complexity index is 494. The minimum atomic E-state index is -0.280. The summed E-state index contributed by atoms with van der Waals surface area (Å²) in [5.41, 5.74) is 1.69. The van der Waals surface area contributed by atoms with Crippen molar-refractivity contribution in [2.45, 2.75) is 19.8 Å². The van der Waals surface area contributed by atoms with E-state index in [1.165, 1.54) is 0 Å². The van der Waals surface area contributed by atoms with E-state index >= 15 is 0 Å². The molecule has 18 heavy (non-hydrogen) atoms. The average Bonchev–Trinajstić information content (AvgIpc) is 2.71. The largest absolute Gasteiger partial charge is 0.497 e. The Labute approximate surface area is 115 Å². The third-order valence-corrected chi connectivity index (χ3v) is 3.43. The van der Waals surface area contributed by atoms with Gasteiger partial charge in [0.15, 0.2) is 0 Å². The number of esters is 1. The van der Waals surface area contributed by atoms with E-state index in [-0.39, 0.29) is 11.9 Å². The van der Waals surface area contributed by atoms with Crippen LogP contribution >= 0.6 is 15.9 Å². The molecule has 0 saturated carbocycles. The number of rotatable bonds is 3. The molecule has 1 aliphatic heterocycles. The maximum Gasteiger partial charge on any atom is 0.338 e. The first kappa shape index (κ1) is 13.1. The molecule has 0 spiro atoms. The van der Waals surface area contributed by atoms with E-state index in [2.05, 4.69) is 15.9 Å². The molecule has 1 aromatic rings. The number of carbonyl (C=O) groups is 1. The van der Waals surface area contributed by atoms with Gasteiger partial charge in [0, 0.05) is 4.47 Å². The molecule has 2 rings (SSSR count). The fourth-order valence-corrected chi connectivity index (χ4v) is 2.51. The Hall–Kier alpha value is -1.29. The van der Waals surface area contributed by atoms with E-state index in [1.807, 2.05) is 31.2 Å². The first-order valence-corrected chi connectivity index (χ1v) is 6.69. The molecule has 0 radical (unpaired) electrons. The van der Waals surface area contributed by atoms with Crippen LogP contribution in [-0.2, 0) is 14.3 Å². The van der Waals surface area contributed by atoms with E-state index in [9.17, 15) is 4.79 Å². The number of allylic oxidation sites excluding steroid dienone is 1. The average molecular weight is 311 g/mol. The van der Waals surface area contributed by atoms with Gasteiger partial charge in [0.1, 0.15) is 5.76 Å². The summed E-state index contributed by atoms with van der Waals surface area (Å²) in [5.74, 6) is 0.345. The number of ether oxygens (including phenoxy) is 2. The Balaban J connectivity index is 2.31. The first-order valence-electron chi connectivity index (χ1n) is 5.89. The molecule has 3 nitrogen and oxygen atoms in total. The number of hydrogen-bond donors (Lipinski definition) is 0. The maximum atomic E-state index is 12.0. The number of carbonyl (C=O) groups excluding carboxylic acids is 1. The van der Waals surface area contributed by atoms with Crippen LogP contribution in [0.1, 0.15) is 25.3 Å². The minimum absolute atomic E-state index is 0.0402. The zero-order valence-corrected chi connectivity index (χ0v) is 12.0. The van der Waals surface area contributed by atoms with Crippen molar-refractivity contribution in [2.75, 3.05) is 13.2 Å². The third kappa shape index (κ3) is 2.58. The summed E-state index contributed by atoms with van der Waals surface area (Å²) in [6, 6.07) is 7.91. The van der Waals surface area contributed by atoms with Gasteiger partial charge in [0.2, 0.25) is 0 Å². The maximum absolute atomic E-state index is 12.0. The van der Waals surface area contributed by atoms with Gasteiger partial charge in [-0.25, -0.2) is 4.79 Å². The van der Waals surface area contributed by atoms with Crippen LogP contribution in [0.3, 0.4) is 0 Å². The molecule has 0 saturated heterocycles. The molecular weight excluding hydrogens is 296 g/mol. The summed E-state index contributed by atoms with van der Waals surface area (Å²) in [6.07, 6.45) is 0. The molecule has 0 amide bonds. The van der Waals surface area contributed by atoms with Crippen LogP contribution in [0.15, 0.2) is 40.1 Å². The molecule has 0 N–H and O–H groups in total. The van der Waals surface area contributed by atoms with Crippen LogP contribution in [0.25, 0.3) is 0 Å². The van der Waals surface area contributed by atoms with Crippen LogP contribution in [0.4, 0.5) is 0 Å². The number of halogens is 1. The van der Waals surface area contributed by atoms with Crippen LogP contribution in [0, 0.1) is 0 Å². The number of benzene rings is 1. The highest BCUT2D eigenvalue weighted by molar-refractivity contribution is 9.10. The lowest BCUT2D eigenvalue weighted by atomic mass is 9.93. The lowest BCUT2D eigenvalue weighted by Gasteiger charge is -2.12. The summed E-state index contributed by atoms with van der Waals surface area (Å²) >= 11 is 3.44. The molecule has 96 valence electrons. The highest BCUT2D eigenvalue weighted by Crippen LogP contribution is 2.35. The predicted octanol–water partition coefficient (Wildman–Crippen LogP) is 3.40. The van der Waals surface area contributed by atoms with Crippen LogP contribution in [-0.4, -0.2) is 19.2 Å². The quantitative estimate of drug-likeness (QED) is 0.803. The molecule has 1 aliphatic rings. The van der Waals surface area contributed by atoms with Crippen molar-refractivity contribution in [3.8, 4) is 0 Å². The second-order valence-corrected chi connectivity index (χ2v) is 5.02. The summed E-state index contributed by atoms with van der Waals surface area (Å²) in [4.78, 5) is 12.0. The molecule has 1 atom stereocenters. The topological polar surface area (TPSA) is 35.5 Å². The normalized spacial score (nSPS) is 18.7. The van der Waals surface area contributed by atoms with Crippen molar-refractivity contribution in [1.82, 2.24) is 0 Å². The zero-order valence-electron chi connectivity index (χ0n) is 10.4. The van der Waals surface area contributed by atoms with Gasteiger partial charge in [-0.3, -0.25) is 0 Å². The molecule has 1 heterocycles. The van der Waals surface area contributed by atoms with Crippen LogP contribution < -0.4 is 0 Å². The van der Waals surface area contributed by atoms with Crippen molar-refractivity contribution in [3.05, 3.63) is 45.6 Å². The van der Waals surface area contributed by atoms with E-state index in [0.29, 0.717) is 24.5 Å². The first-order chi connectivity index (χ1) is 8.63. The van der Waals surface area contributed by atoms with Crippen molar-refractivity contribution in [2.24, 2.45) is 0 Å². The standard InChI is InChI=1S/C14H15BrO3/c1-3-17-14(16)13-9(2)18-8-12(13)10-5-4-6-11(15)7-10/h4-7,12H,3,8H2,1-2H3. The summed E-state index contributed by atoms with van der Waals surface area (Å²) in [5, 5.41) is 0. The van der Waals surface area contributed by atoms with Gasteiger partial charge in [-0.15, -0.1) is 0 Å². The van der Waals surface area contributed by atoms with E-state index in [0.717, 1.165) is 10.0 Å². The third-order valence-electron chi connectivity index (χ3n) is 2.94. The van der Waals surface area contributed by atoms with Crippen LogP contribution in [0.2, 0.25) is 0 Å². The van der Waals surface area contributed by atoms with Crippen molar-refractivity contribution >= 4 is 21.9 Å². The molecular formula is C14H15BrO3. The monoisotopic (exact) mass is 310 g/mol. The Morgan fingerprint density at radius 2 is 2.33 bits per heavy atom. The second kappa shape index (κ2) is 5.57. The molecule has 0 bridgehead atoms. The lowest BCUT2D eigenvalue weighted by Crippen LogP contribution is -2.14. The highest BCUT2D eigenvalue weighted by Gasteiger charge is 2.32. The Morgan fingerprint density at radius 3 is 3.00 bits per heavy atom. The molecule has 0 fully saturated rings. The molecule has 1 unspecified atom stereocenters. The van der Waals surface area contributed by atoms with Gasteiger partial charge in [0.25, 0.3) is 0 Å². The van der Waals surface area contributed by atoms with E-state index in [4.69, 9.17) is 9.47 Å². The molecule has 4 heteroatoms. The van der Waals surface area contributed by atoms with Gasteiger partial charge in [0.05, 0.1) is 24.7 Å².